The number of carbonyl (C=O) groups excluding carboxylic acids is 1. The van der Waals surface area contributed by atoms with Gasteiger partial charge in [-0.3, -0.25) is 0 Å². The van der Waals surface area contributed by atoms with Crippen molar-refractivity contribution in [1.82, 2.24) is 10.2 Å². The van der Waals surface area contributed by atoms with Crippen molar-refractivity contribution in [3.05, 3.63) is 11.6 Å². The van der Waals surface area contributed by atoms with Gasteiger partial charge in [-0.05, 0) is 45.3 Å². The molecule has 1 N–H and O–H groups in total. The van der Waals surface area contributed by atoms with Gasteiger partial charge < -0.3 is 15.0 Å². The molecule has 0 aromatic heterocycles. The molecular formula is C14H26N2O2. The SMILES string of the molecule is COC(=O)C(C)=CCNCC1(C)CCN(C)CC1. The van der Waals surface area contributed by atoms with Gasteiger partial charge in [0.15, 0.2) is 0 Å². The minimum atomic E-state index is -0.248. The van der Waals surface area contributed by atoms with Crippen LogP contribution in [0.3, 0.4) is 0 Å². The summed E-state index contributed by atoms with van der Waals surface area (Å²) >= 11 is 0. The average Bonchev–Trinajstić information content (AvgIpc) is 2.37. The first-order valence-corrected chi connectivity index (χ1v) is 6.61. The molecule has 4 heteroatoms. The van der Waals surface area contributed by atoms with E-state index in [0.29, 0.717) is 11.0 Å². The van der Waals surface area contributed by atoms with Gasteiger partial charge in [-0.1, -0.05) is 13.0 Å². The fourth-order valence-corrected chi connectivity index (χ4v) is 2.18. The maximum absolute atomic E-state index is 11.2. The third-order valence-electron chi connectivity index (χ3n) is 3.81. The lowest BCUT2D eigenvalue weighted by Crippen LogP contribution is -2.42. The van der Waals surface area contributed by atoms with E-state index in [9.17, 15) is 4.79 Å². The molecule has 1 saturated heterocycles. The summed E-state index contributed by atoms with van der Waals surface area (Å²) in [7, 11) is 3.59. The predicted octanol–water partition coefficient (Wildman–Crippen LogP) is 1.43. The Morgan fingerprint density at radius 3 is 2.61 bits per heavy atom. The van der Waals surface area contributed by atoms with Gasteiger partial charge in [0.25, 0.3) is 0 Å². The molecule has 0 amide bonds. The highest BCUT2D eigenvalue weighted by molar-refractivity contribution is 5.87. The van der Waals surface area contributed by atoms with E-state index in [1.807, 2.05) is 6.08 Å². The standard InChI is InChI=1S/C14H26N2O2/c1-12(13(17)18-4)5-8-15-11-14(2)6-9-16(3)10-7-14/h5,15H,6-11H2,1-4H3. The lowest BCUT2D eigenvalue weighted by molar-refractivity contribution is -0.136. The minimum Gasteiger partial charge on any atom is -0.466 e. The molecule has 0 atom stereocenters. The highest BCUT2D eigenvalue weighted by Crippen LogP contribution is 2.29. The quantitative estimate of drug-likeness (QED) is 0.458. The molecule has 1 heterocycles. The van der Waals surface area contributed by atoms with Crippen molar-refractivity contribution in [2.75, 3.05) is 40.3 Å². The Morgan fingerprint density at radius 1 is 1.44 bits per heavy atom. The van der Waals surface area contributed by atoms with Gasteiger partial charge in [0, 0.05) is 18.7 Å². The van der Waals surface area contributed by atoms with Crippen LogP contribution in [0.4, 0.5) is 0 Å². The number of carbonyl (C=O) groups is 1. The zero-order valence-corrected chi connectivity index (χ0v) is 12.1. The van der Waals surface area contributed by atoms with Gasteiger partial charge in [0.1, 0.15) is 0 Å². The predicted molar refractivity (Wildman–Crippen MR) is 73.5 cm³/mol. The van der Waals surface area contributed by atoms with Crippen LogP contribution in [-0.2, 0) is 9.53 Å². The van der Waals surface area contributed by atoms with Crippen molar-refractivity contribution >= 4 is 5.97 Å². The van der Waals surface area contributed by atoms with E-state index in [0.717, 1.165) is 13.1 Å². The molecule has 0 radical (unpaired) electrons. The molecule has 4 nitrogen and oxygen atoms in total. The second-order valence-corrected chi connectivity index (χ2v) is 5.62. The smallest absolute Gasteiger partial charge is 0.333 e. The second kappa shape index (κ2) is 6.90. The number of nitrogens with one attached hydrogen (secondary N) is 1. The van der Waals surface area contributed by atoms with Crippen LogP contribution in [0.1, 0.15) is 26.7 Å². The Kier molecular flexibility index (Phi) is 5.82. The molecule has 0 aromatic carbocycles. The Morgan fingerprint density at radius 2 is 2.06 bits per heavy atom. The Hall–Kier alpha value is -0.870. The number of hydrogen-bond acceptors (Lipinski definition) is 4. The molecule has 1 fully saturated rings. The first kappa shape index (κ1) is 15.2. The van der Waals surface area contributed by atoms with Crippen LogP contribution in [0, 0.1) is 5.41 Å². The summed E-state index contributed by atoms with van der Waals surface area (Å²) in [5, 5.41) is 3.42. The summed E-state index contributed by atoms with van der Waals surface area (Å²) in [6.45, 7) is 8.21. The first-order valence-electron chi connectivity index (χ1n) is 6.61. The molecule has 0 unspecified atom stereocenters. The van der Waals surface area contributed by atoms with Gasteiger partial charge in [0.2, 0.25) is 0 Å². The normalized spacial score (nSPS) is 20.8. The van der Waals surface area contributed by atoms with Gasteiger partial charge >= 0.3 is 5.97 Å². The molecule has 1 aliphatic rings. The van der Waals surface area contributed by atoms with E-state index in [1.54, 1.807) is 6.92 Å². The van der Waals surface area contributed by atoms with Crippen molar-refractivity contribution in [3.8, 4) is 0 Å². The van der Waals surface area contributed by atoms with Crippen LogP contribution in [-0.4, -0.2) is 51.2 Å². The lowest BCUT2D eigenvalue weighted by atomic mass is 9.80. The van der Waals surface area contributed by atoms with Gasteiger partial charge in [0.05, 0.1) is 7.11 Å². The molecule has 0 saturated carbocycles. The highest BCUT2D eigenvalue weighted by atomic mass is 16.5. The summed E-state index contributed by atoms with van der Waals surface area (Å²) in [5.74, 6) is -0.248. The van der Waals surface area contributed by atoms with Crippen LogP contribution in [0.5, 0.6) is 0 Å². The number of likely N-dealkylation sites (tertiary alicyclic amines) is 1. The fraction of sp³-hybridized carbons (Fsp3) is 0.786. The third kappa shape index (κ3) is 4.78. The number of nitrogens with zero attached hydrogens (tertiary/aromatic N) is 1. The van der Waals surface area contributed by atoms with Crippen molar-refractivity contribution in [2.24, 2.45) is 5.41 Å². The summed E-state index contributed by atoms with van der Waals surface area (Å²) < 4.78 is 4.65. The molecule has 18 heavy (non-hydrogen) atoms. The van der Waals surface area contributed by atoms with Crippen molar-refractivity contribution < 1.29 is 9.53 Å². The zero-order chi connectivity index (χ0) is 13.6. The van der Waals surface area contributed by atoms with E-state index < -0.39 is 0 Å². The summed E-state index contributed by atoms with van der Waals surface area (Å²) in [4.78, 5) is 13.6. The Balaban J connectivity index is 2.27. The fourth-order valence-electron chi connectivity index (χ4n) is 2.18. The summed E-state index contributed by atoms with van der Waals surface area (Å²) in [6.07, 6.45) is 4.36. The van der Waals surface area contributed by atoms with Crippen LogP contribution >= 0.6 is 0 Å². The van der Waals surface area contributed by atoms with Gasteiger partial charge in [-0.15, -0.1) is 0 Å². The molecule has 1 aliphatic heterocycles. The van der Waals surface area contributed by atoms with Crippen LogP contribution in [0.25, 0.3) is 0 Å². The monoisotopic (exact) mass is 254 g/mol. The van der Waals surface area contributed by atoms with E-state index >= 15 is 0 Å². The van der Waals surface area contributed by atoms with E-state index in [-0.39, 0.29) is 5.97 Å². The number of hydrogen-bond donors (Lipinski definition) is 1. The maximum Gasteiger partial charge on any atom is 0.333 e. The maximum atomic E-state index is 11.2. The van der Waals surface area contributed by atoms with E-state index in [4.69, 9.17) is 0 Å². The Bertz CT molecular complexity index is 305. The van der Waals surface area contributed by atoms with Crippen molar-refractivity contribution in [1.29, 1.82) is 0 Å². The van der Waals surface area contributed by atoms with E-state index in [1.165, 1.54) is 33.0 Å². The number of esters is 1. The Labute approximate surface area is 110 Å². The number of ether oxygens (including phenoxy) is 1. The van der Waals surface area contributed by atoms with Gasteiger partial charge in [-0.25, -0.2) is 4.79 Å². The average molecular weight is 254 g/mol. The van der Waals surface area contributed by atoms with E-state index in [2.05, 4.69) is 28.9 Å². The largest absolute Gasteiger partial charge is 0.466 e. The first-order chi connectivity index (χ1) is 8.47. The minimum absolute atomic E-state index is 0.248. The number of piperidine rings is 1. The zero-order valence-electron chi connectivity index (χ0n) is 12.1. The summed E-state index contributed by atoms with van der Waals surface area (Å²) in [5.41, 5.74) is 1.05. The molecule has 0 spiro atoms. The highest BCUT2D eigenvalue weighted by Gasteiger charge is 2.27. The van der Waals surface area contributed by atoms with Gasteiger partial charge in [-0.2, -0.15) is 0 Å². The molecular weight excluding hydrogens is 228 g/mol. The number of methoxy groups -OCH3 is 1. The van der Waals surface area contributed by atoms with Crippen LogP contribution in [0.15, 0.2) is 11.6 Å². The second-order valence-electron chi connectivity index (χ2n) is 5.62. The third-order valence-corrected chi connectivity index (χ3v) is 3.81. The molecule has 0 bridgehead atoms. The van der Waals surface area contributed by atoms with Crippen LogP contribution in [0.2, 0.25) is 0 Å². The molecule has 104 valence electrons. The van der Waals surface area contributed by atoms with Crippen molar-refractivity contribution in [2.45, 2.75) is 26.7 Å². The lowest BCUT2D eigenvalue weighted by Gasteiger charge is -2.38. The number of rotatable bonds is 5. The molecule has 0 aliphatic carbocycles. The van der Waals surface area contributed by atoms with Crippen LogP contribution < -0.4 is 5.32 Å². The van der Waals surface area contributed by atoms with Crippen molar-refractivity contribution in [3.63, 3.8) is 0 Å². The topological polar surface area (TPSA) is 41.6 Å². The summed E-state index contributed by atoms with van der Waals surface area (Å²) in [6, 6.07) is 0. The molecule has 0 aromatic rings. The molecule has 1 rings (SSSR count).